The molecule has 0 unspecified atom stereocenters. The van der Waals surface area contributed by atoms with Crippen LogP contribution in [0.25, 0.3) is 11.3 Å². The summed E-state index contributed by atoms with van der Waals surface area (Å²) in [5, 5.41) is 13.8. The first kappa shape index (κ1) is 21.8. The minimum absolute atomic E-state index is 0.0315. The first-order valence-corrected chi connectivity index (χ1v) is 9.40. The molecule has 0 saturated heterocycles. The lowest BCUT2D eigenvalue weighted by atomic mass is 10.1. The number of hydrogen-bond acceptors (Lipinski definition) is 6. The highest BCUT2D eigenvalue weighted by Gasteiger charge is 2.20. The molecule has 0 aliphatic heterocycles. The number of ether oxygens (including phenoxy) is 1. The first-order chi connectivity index (χ1) is 14.8. The van der Waals surface area contributed by atoms with Crippen LogP contribution in [0.4, 0.5) is 11.4 Å². The van der Waals surface area contributed by atoms with Crippen molar-refractivity contribution in [2.75, 3.05) is 26.0 Å². The number of likely N-dealkylation sites (N-methyl/N-ethyl adjacent to an activating group) is 1. The number of nitrogens with zero attached hydrogens (tertiary/aromatic N) is 2. The van der Waals surface area contributed by atoms with Crippen LogP contribution in [0.3, 0.4) is 0 Å². The van der Waals surface area contributed by atoms with Crippen LogP contribution in [-0.2, 0) is 4.79 Å². The Kier molecular flexibility index (Phi) is 6.56. The molecule has 1 aromatic heterocycles. The fourth-order valence-corrected chi connectivity index (χ4v) is 2.97. The number of methoxy groups -OCH3 is 1. The van der Waals surface area contributed by atoms with Gasteiger partial charge in [-0.1, -0.05) is 11.6 Å². The lowest BCUT2D eigenvalue weighted by Crippen LogP contribution is -2.34. The number of hydrogen-bond donors (Lipinski definition) is 1. The van der Waals surface area contributed by atoms with Gasteiger partial charge in [0.25, 0.3) is 11.6 Å². The highest BCUT2D eigenvalue weighted by atomic mass is 35.5. The monoisotopic (exact) mass is 443 g/mol. The number of halogens is 1. The van der Waals surface area contributed by atoms with Gasteiger partial charge in [-0.2, -0.15) is 0 Å². The predicted octanol–water partition coefficient (Wildman–Crippen LogP) is 4.23. The molecule has 0 spiro atoms. The molecule has 2 amide bonds. The number of rotatable bonds is 7. The third-order valence-electron chi connectivity index (χ3n) is 4.34. The summed E-state index contributed by atoms with van der Waals surface area (Å²) in [4.78, 5) is 36.4. The van der Waals surface area contributed by atoms with Crippen molar-refractivity contribution in [2.45, 2.75) is 0 Å². The third kappa shape index (κ3) is 5.20. The van der Waals surface area contributed by atoms with Crippen LogP contribution >= 0.6 is 11.6 Å². The Morgan fingerprint density at radius 3 is 2.52 bits per heavy atom. The lowest BCUT2D eigenvalue weighted by molar-refractivity contribution is -0.384. The van der Waals surface area contributed by atoms with E-state index in [1.807, 2.05) is 0 Å². The molecule has 2 aromatic carbocycles. The molecule has 0 radical (unpaired) electrons. The SMILES string of the molecule is COc1ccc(Cl)cc1NC(=O)CN(C)C(=O)c1ccc(-c2ccc([N+](=O)[O-])cc2)o1. The standard InChI is InChI=1S/C21H18ClN3O6/c1-24(12-20(26)23-16-11-14(22)5-8-18(16)30-2)21(27)19-10-9-17(31-19)13-3-6-15(7-4-13)25(28)29/h3-11H,12H2,1-2H3,(H,23,26). The molecule has 1 N–H and O–H groups in total. The zero-order valence-electron chi connectivity index (χ0n) is 16.6. The molecule has 3 aromatic rings. The van der Waals surface area contributed by atoms with Crippen LogP contribution in [0.2, 0.25) is 5.02 Å². The van der Waals surface area contributed by atoms with Crippen molar-refractivity contribution in [3.05, 3.63) is 75.5 Å². The second kappa shape index (κ2) is 9.31. The summed E-state index contributed by atoms with van der Waals surface area (Å²) < 4.78 is 10.8. The van der Waals surface area contributed by atoms with Crippen molar-refractivity contribution < 1.29 is 23.7 Å². The molecule has 10 heteroatoms. The van der Waals surface area contributed by atoms with Crippen LogP contribution in [0.5, 0.6) is 5.75 Å². The molecular formula is C21H18ClN3O6. The highest BCUT2D eigenvalue weighted by molar-refractivity contribution is 6.31. The van der Waals surface area contributed by atoms with Gasteiger partial charge in [0.2, 0.25) is 5.91 Å². The molecule has 31 heavy (non-hydrogen) atoms. The Balaban J connectivity index is 1.66. The van der Waals surface area contributed by atoms with Crippen molar-refractivity contribution in [2.24, 2.45) is 0 Å². The van der Waals surface area contributed by atoms with Gasteiger partial charge >= 0.3 is 0 Å². The molecule has 0 aliphatic rings. The Labute approximate surface area is 182 Å². The largest absolute Gasteiger partial charge is 0.495 e. The van der Waals surface area contributed by atoms with Gasteiger partial charge in [0.15, 0.2) is 5.76 Å². The predicted molar refractivity (Wildman–Crippen MR) is 114 cm³/mol. The number of nitro benzene ring substituents is 1. The summed E-state index contributed by atoms with van der Waals surface area (Å²) in [5.41, 5.74) is 0.922. The van der Waals surface area contributed by atoms with Gasteiger partial charge in [-0.15, -0.1) is 0 Å². The Morgan fingerprint density at radius 2 is 1.87 bits per heavy atom. The van der Waals surface area contributed by atoms with E-state index < -0.39 is 16.7 Å². The van der Waals surface area contributed by atoms with Crippen LogP contribution in [0.15, 0.2) is 59.0 Å². The van der Waals surface area contributed by atoms with E-state index in [1.165, 1.54) is 49.4 Å². The van der Waals surface area contributed by atoms with Crippen LogP contribution in [0.1, 0.15) is 10.6 Å². The minimum atomic E-state index is -0.500. The number of carbonyl (C=O) groups excluding carboxylic acids is 2. The Hall–Kier alpha value is -3.85. The maximum Gasteiger partial charge on any atom is 0.289 e. The molecule has 0 saturated carbocycles. The van der Waals surface area contributed by atoms with Crippen LogP contribution in [-0.4, -0.2) is 42.3 Å². The van der Waals surface area contributed by atoms with Gasteiger partial charge in [-0.05, 0) is 42.5 Å². The number of nitrogens with one attached hydrogen (secondary N) is 1. The number of carbonyl (C=O) groups is 2. The second-order valence-corrected chi connectivity index (χ2v) is 6.96. The summed E-state index contributed by atoms with van der Waals surface area (Å²) in [6.07, 6.45) is 0. The maximum atomic E-state index is 12.6. The molecule has 0 fully saturated rings. The minimum Gasteiger partial charge on any atom is -0.495 e. The lowest BCUT2D eigenvalue weighted by Gasteiger charge is -2.16. The number of furan rings is 1. The number of nitro groups is 1. The number of amides is 2. The molecule has 9 nitrogen and oxygen atoms in total. The highest BCUT2D eigenvalue weighted by Crippen LogP contribution is 2.28. The van der Waals surface area contributed by atoms with E-state index in [-0.39, 0.29) is 18.0 Å². The number of benzene rings is 2. The molecule has 0 atom stereocenters. The van der Waals surface area contributed by atoms with E-state index in [2.05, 4.69) is 5.32 Å². The van der Waals surface area contributed by atoms with Crippen molar-refractivity contribution in [1.82, 2.24) is 4.90 Å². The fraction of sp³-hybridized carbons (Fsp3) is 0.143. The zero-order valence-corrected chi connectivity index (χ0v) is 17.4. The van der Waals surface area contributed by atoms with Gasteiger partial charge in [0.05, 0.1) is 24.3 Å². The Bertz CT molecular complexity index is 1130. The first-order valence-electron chi connectivity index (χ1n) is 9.02. The van der Waals surface area contributed by atoms with E-state index in [4.69, 9.17) is 20.8 Å². The summed E-state index contributed by atoms with van der Waals surface area (Å²) in [6, 6.07) is 13.6. The van der Waals surface area contributed by atoms with E-state index in [0.717, 1.165) is 0 Å². The van der Waals surface area contributed by atoms with Gasteiger partial charge in [0, 0.05) is 29.8 Å². The van der Waals surface area contributed by atoms with Crippen LogP contribution < -0.4 is 10.1 Å². The van der Waals surface area contributed by atoms with Crippen LogP contribution in [0, 0.1) is 10.1 Å². The molecule has 160 valence electrons. The zero-order chi connectivity index (χ0) is 22.5. The fourth-order valence-electron chi connectivity index (χ4n) is 2.80. The normalized spacial score (nSPS) is 10.4. The quantitative estimate of drug-likeness (QED) is 0.431. The molecule has 1 heterocycles. The van der Waals surface area contributed by atoms with E-state index >= 15 is 0 Å². The molecular weight excluding hydrogens is 426 g/mol. The average Bonchev–Trinajstić information content (AvgIpc) is 3.23. The molecule has 0 bridgehead atoms. The van der Waals surface area contributed by atoms with Gasteiger partial charge in [-0.25, -0.2) is 0 Å². The van der Waals surface area contributed by atoms with Crippen molar-refractivity contribution >= 4 is 34.8 Å². The summed E-state index contributed by atoms with van der Waals surface area (Å²) in [7, 11) is 2.93. The summed E-state index contributed by atoms with van der Waals surface area (Å²) in [6.45, 7) is -0.234. The smallest absolute Gasteiger partial charge is 0.289 e. The topological polar surface area (TPSA) is 115 Å². The molecule has 3 rings (SSSR count). The van der Waals surface area contributed by atoms with E-state index in [0.29, 0.717) is 27.8 Å². The number of non-ortho nitro benzene ring substituents is 1. The summed E-state index contributed by atoms with van der Waals surface area (Å²) in [5.74, 6) is -0.103. The van der Waals surface area contributed by atoms with E-state index in [1.54, 1.807) is 24.3 Å². The van der Waals surface area contributed by atoms with Crippen molar-refractivity contribution in [3.63, 3.8) is 0 Å². The maximum absolute atomic E-state index is 12.6. The van der Waals surface area contributed by atoms with Gasteiger partial charge < -0.3 is 19.4 Å². The third-order valence-corrected chi connectivity index (χ3v) is 4.58. The second-order valence-electron chi connectivity index (χ2n) is 6.52. The van der Waals surface area contributed by atoms with Crippen molar-refractivity contribution in [3.8, 4) is 17.1 Å². The van der Waals surface area contributed by atoms with E-state index in [9.17, 15) is 19.7 Å². The molecule has 0 aliphatic carbocycles. The van der Waals surface area contributed by atoms with Crippen molar-refractivity contribution in [1.29, 1.82) is 0 Å². The summed E-state index contributed by atoms with van der Waals surface area (Å²) >= 11 is 5.95. The average molecular weight is 444 g/mol. The van der Waals surface area contributed by atoms with Gasteiger partial charge in [0.1, 0.15) is 11.5 Å². The van der Waals surface area contributed by atoms with Gasteiger partial charge in [-0.3, -0.25) is 19.7 Å². The Morgan fingerprint density at radius 1 is 1.16 bits per heavy atom. The number of anilines is 1.